The van der Waals surface area contributed by atoms with Crippen LogP contribution in [0.2, 0.25) is 10.0 Å². The van der Waals surface area contributed by atoms with Crippen molar-refractivity contribution >= 4 is 40.7 Å². The molecule has 3 rings (SSSR count). The fraction of sp³-hybridized carbons (Fsp3) is 0.222. The summed E-state index contributed by atoms with van der Waals surface area (Å²) < 4.78 is 5.27. The molecule has 1 aliphatic heterocycles. The highest BCUT2D eigenvalue weighted by molar-refractivity contribution is 6.42. The van der Waals surface area contributed by atoms with Gasteiger partial charge in [0.1, 0.15) is 0 Å². The fourth-order valence-electron chi connectivity index (χ4n) is 2.55. The largest absolute Gasteiger partial charge is 0.378 e. The van der Waals surface area contributed by atoms with E-state index in [1.165, 1.54) is 6.07 Å². The zero-order valence-corrected chi connectivity index (χ0v) is 14.8. The zero-order chi connectivity index (χ0) is 17.8. The molecule has 1 heterocycles. The molecule has 25 heavy (non-hydrogen) atoms. The standard InChI is InChI=1S/C18H16Cl2N2O3/c19-14-6-5-12(11-15(14)20)17(23)21-16-4-2-1-3-13(16)18(24)22-7-9-25-10-8-22/h1-6,11H,7-10H2,(H,21,23). The monoisotopic (exact) mass is 378 g/mol. The van der Waals surface area contributed by atoms with Crippen molar-refractivity contribution < 1.29 is 14.3 Å². The smallest absolute Gasteiger partial charge is 0.256 e. The number of hydrogen-bond donors (Lipinski definition) is 1. The molecule has 0 unspecified atom stereocenters. The van der Waals surface area contributed by atoms with Gasteiger partial charge in [-0.05, 0) is 30.3 Å². The van der Waals surface area contributed by atoms with Crippen LogP contribution in [0.1, 0.15) is 20.7 Å². The minimum atomic E-state index is -0.360. The van der Waals surface area contributed by atoms with Crippen LogP contribution in [-0.4, -0.2) is 43.0 Å². The van der Waals surface area contributed by atoms with Gasteiger partial charge in [0.25, 0.3) is 11.8 Å². The first-order chi connectivity index (χ1) is 12.1. The Kier molecular flexibility index (Phi) is 5.58. The summed E-state index contributed by atoms with van der Waals surface area (Å²) in [6.07, 6.45) is 0. The van der Waals surface area contributed by atoms with Crippen molar-refractivity contribution in [3.8, 4) is 0 Å². The van der Waals surface area contributed by atoms with Gasteiger partial charge in [-0.3, -0.25) is 9.59 Å². The van der Waals surface area contributed by atoms with E-state index in [1.807, 2.05) is 0 Å². The summed E-state index contributed by atoms with van der Waals surface area (Å²) in [5.41, 5.74) is 1.26. The highest BCUT2D eigenvalue weighted by atomic mass is 35.5. The zero-order valence-electron chi connectivity index (χ0n) is 13.3. The van der Waals surface area contributed by atoms with Crippen LogP contribution in [0.15, 0.2) is 42.5 Å². The van der Waals surface area contributed by atoms with Crippen LogP contribution < -0.4 is 5.32 Å². The topological polar surface area (TPSA) is 58.6 Å². The van der Waals surface area contributed by atoms with Crippen molar-refractivity contribution in [3.05, 3.63) is 63.6 Å². The van der Waals surface area contributed by atoms with Crippen LogP contribution in [0.4, 0.5) is 5.69 Å². The average molecular weight is 379 g/mol. The molecule has 1 fully saturated rings. The average Bonchev–Trinajstić information content (AvgIpc) is 2.64. The van der Waals surface area contributed by atoms with Gasteiger partial charge in [0, 0.05) is 18.7 Å². The molecule has 0 atom stereocenters. The lowest BCUT2D eigenvalue weighted by molar-refractivity contribution is 0.0303. The Labute approximate surface area is 155 Å². The van der Waals surface area contributed by atoms with E-state index in [0.29, 0.717) is 53.2 Å². The first-order valence-corrected chi connectivity index (χ1v) is 8.54. The second kappa shape index (κ2) is 7.87. The van der Waals surface area contributed by atoms with Crippen LogP contribution >= 0.6 is 23.2 Å². The van der Waals surface area contributed by atoms with Crippen LogP contribution in [0.25, 0.3) is 0 Å². The van der Waals surface area contributed by atoms with Crippen molar-refractivity contribution in [3.63, 3.8) is 0 Å². The van der Waals surface area contributed by atoms with Crippen molar-refractivity contribution in [2.75, 3.05) is 31.6 Å². The summed E-state index contributed by atoms with van der Waals surface area (Å²) in [6.45, 7) is 2.11. The molecular formula is C18H16Cl2N2O3. The second-order valence-corrected chi connectivity index (χ2v) is 6.35. The molecule has 1 aliphatic rings. The molecule has 2 aromatic rings. The van der Waals surface area contributed by atoms with Gasteiger partial charge in [0.15, 0.2) is 0 Å². The highest BCUT2D eigenvalue weighted by Gasteiger charge is 2.21. The van der Waals surface area contributed by atoms with Crippen LogP contribution in [0.5, 0.6) is 0 Å². The molecule has 1 N–H and O–H groups in total. The molecule has 130 valence electrons. The molecule has 0 bridgehead atoms. The number of carbonyl (C=O) groups excluding carboxylic acids is 2. The Balaban J connectivity index is 1.81. The number of carbonyl (C=O) groups is 2. The van der Waals surface area contributed by atoms with Crippen molar-refractivity contribution in [2.24, 2.45) is 0 Å². The van der Waals surface area contributed by atoms with Crippen molar-refractivity contribution in [1.29, 1.82) is 0 Å². The highest BCUT2D eigenvalue weighted by Crippen LogP contribution is 2.24. The number of rotatable bonds is 3. The van der Waals surface area contributed by atoms with Crippen LogP contribution in [-0.2, 0) is 4.74 Å². The predicted octanol–water partition coefficient (Wildman–Crippen LogP) is 3.72. The Hall–Kier alpha value is -2.08. The summed E-state index contributed by atoms with van der Waals surface area (Å²) in [6, 6.07) is 11.6. The van der Waals surface area contributed by atoms with Gasteiger partial charge in [0.2, 0.25) is 0 Å². The van der Waals surface area contributed by atoms with E-state index in [1.54, 1.807) is 41.3 Å². The summed E-state index contributed by atoms with van der Waals surface area (Å²) in [5.74, 6) is -0.492. The Morgan fingerprint density at radius 2 is 1.72 bits per heavy atom. The molecule has 7 heteroatoms. The number of morpholine rings is 1. The molecule has 1 saturated heterocycles. The molecule has 2 aromatic carbocycles. The van der Waals surface area contributed by atoms with Gasteiger partial charge in [-0.15, -0.1) is 0 Å². The number of halogens is 2. The van der Waals surface area contributed by atoms with E-state index in [-0.39, 0.29) is 11.8 Å². The minimum absolute atomic E-state index is 0.131. The third kappa shape index (κ3) is 4.12. The van der Waals surface area contributed by atoms with E-state index >= 15 is 0 Å². The number of nitrogens with zero attached hydrogens (tertiary/aromatic N) is 1. The van der Waals surface area contributed by atoms with E-state index in [9.17, 15) is 9.59 Å². The van der Waals surface area contributed by atoms with E-state index in [2.05, 4.69) is 5.32 Å². The molecule has 0 aromatic heterocycles. The number of benzene rings is 2. The maximum Gasteiger partial charge on any atom is 0.256 e. The number of hydrogen-bond acceptors (Lipinski definition) is 3. The summed E-state index contributed by atoms with van der Waals surface area (Å²) >= 11 is 11.8. The lowest BCUT2D eigenvalue weighted by Crippen LogP contribution is -2.41. The quantitative estimate of drug-likeness (QED) is 0.885. The SMILES string of the molecule is O=C(Nc1ccccc1C(=O)N1CCOCC1)c1ccc(Cl)c(Cl)c1. The van der Waals surface area contributed by atoms with Gasteiger partial charge < -0.3 is 15.0 Å². The number of nitrogens with one attached hydrogen (secondary N) is 1. The minimum Gasteiger partial charge on any atom is -0.378 e. The third-order valence-corrected chi connectivity index (χ3v) is 4.62. The molecule has 0 spiro atoms. The summed E-state index contributed by atoms with van der Waals surface area (Å²) in [5, 5.41) is 3.45. The Morgan fingerprint density at radius 3 is 2.44 bits per heavy atom. The number of ether oxygens (including phenoxy) is 1. The number of amides is 2. The van der Waals surface area contributed by atoms with Gasteiger partial charge in [-0.2, -0.15) is 0 Å². The summed E-state index contributed by atoms with van der Waals surface area (Å²) in [7, 11) is 0. The van der Waals surface area contributed by atoms with Crippen molar-refractivity contribution in [2.45, 2.75) is 0 Å². The molecule has 5 nitrogen and oxygen atoms in total. The molecular weight excluding hydrogens is 363 g/mol. The number of anilines is 1. The predicted molar refractivity (Wildman–Crippen MR) is 97.6 cm³/mol. The Morgan fingerprint density at radius 1 is 1.00 bits per heavy atom. The van der Waals surface area contributed by atoms with E-state index < -0.39 is 0 Å². The molecule has 0 saturated carbocycles. The van der Waals surface area contributed by atoms with Crippen LogP contribution in [0, 0.1) is 0 Å². The van der Waals surface area contributed by atoms with Gasteiger partial charge >= 0.3 is 0 Å². The lowest BCUT2D eigenvalue weighted by Gasteiger charge is -2.27. The lowest BCUT2D eigenvalue weighted by atomic mass is 10.1. The van der Waals surface area contributed by atoms with E-state index in [4.69, 9.17) is 27.9 Å². The van der Waals surface area contributed by atoms with Gasteiger partial charge in [-0.25, -0.2) is 0 Å². The van der Waals surface area contributed by atoms with E-state index in [0.717, 1.165) is 0 Å². The molecule has 0 radical (unpaired) electrons. The summed E-state index contributed by atoms with van der Waals surface area (Å²) in [4.78, 5) is 26.9. The van der Waals surface area contributed by atoms with Crippen LogP contribution in [0.3, 0.4) is 0 Å². The fourth-order valence-corrected chi connectivity index (χ4v) is 2.85. The van der Waals surface area contributed by atoms with Crippen molar-refractivity contribution in [1.82, 2.24) is 4.90 Å². The molecule has 2 amide bonds. The first-order valence-electron chi connectivity index (χ1n) is 7.79. The maximum absolute atomic E-state index is 12.7. The maximum atomic E-state index is 12.7. The first kappa shape index (κ1) is 17.7. The molecule has 0 aliphatic carbocycles. The Bertz CT molecular complexity index is 805. The van der Waals surface area contributed by atoms with Gasteiger partial charge in [0.05, 0.1) is 34.5 Å². The third-order valence-electron chi connectivity index (χ3n) is 3.89. The van der Waals surface area contributed by atoms with Gasteiger partial charge in [-0.1, -0.05) is 35.3 Å². The normalized spacial score (nSPS) is 14.2. The second-order valence-electron chi connectivity index (χ2n) is 5.53. The number of para-hydroxylation sites is 1.